The van der Waals surface area contributed by atoms with Crippen LogP contribution in [0.4, 0.5) is 4.39 Å². The van der Waals surface area contributed by atoms with Gasteiger partial charge in [0.1, 0.15) is 33.5 Å². The normalized spacial score (nSPS) is 23.0. The Balaban J connectivity index is 1.38. The van der Waals surface area contributed by atoms with Crippen LogP contribution in [0.5, 0.6) is 5.75 Å². The molecule has 3 heterocycles. The summed E-state index contributed by atoms with van der Waals surface area (Å²) in [4.78, 5) is 12.4. The number of morpholine rings is 1. The minimum atomic E-state index is -3.35. The highest BCUT2D eigenvalue weighted by Gasteiger charge is 2.55. The van der Waals surface area contributed by atoms with Gasteiger partial charge in [0.2, 0.25) is 5.84 Å². The number of hydrogen-bond donors (Lipinski definition) is 0. The number of benzene rings is 3. The fourth-order valence-electron chi connectivity index (χ4n) is 6.90. The predicted molar refractivity (Wildman–Crippen MR) is 173 cm³/mol. The van der Waals surface area contributed by atoms with Crippen molar-refractivity contribution >= 4 is 21.7 Å². The number of methoxy groups -OCH3 is 1. The molecule has 1 aromatic heterocycles. The second-order valence-corrected chi connectivity index (χ2v) is 14.6. The number of nitrogens with zero attached hydrogens (tertiary/aromatic N) is 4. The molecule has 2 aliphatic heterocycles. The number of fused-ring (bicyclic) bond motifs is 3. The van der Waals surface area contributed by atoms with Gasteiger partial charge in [0.05, 0.1) is 37.1 Å². The molecule has 1 spiro atoms. The van der Waals surface area contributed by atoms with Crippen LogP contribution in [-0.4, -0.2) is 61.0 Å². The van der Waals surface area contributed by atoms with Crippen LogP contribution in [0.2, 0.25) is 0 Å². The van der Waals surface area contributed by atoms with Gasteiger partial charge in [-0.15, -0.1) is 0 Å². The summed E-state index contributed by atoms with van der Waals surface area (Å²) < 4.78 is 54.0. The van der Waals surface area contributed by atoms with Crippen LogP contribution in [0.1, 0.15) is 40.8 Å². The lowest BCUT2D eigenvalue weighted by Crippen LogP contribution is -2.62. The van der Waals surface area contributed by atoms with Gasteiger partial charge in [-0.05, 0) is 73.2 Å². The lowest BCUT2D eigenvalue weighted by Gasteiger charge is -2.53. The lowest BCUT2D eigenvalue weighted by molar-refractivity contribution is -0.0906. The van der Waals surface area contributed by atoms with E-state index < -0.39 is 21.0 Å². The number of rotatable bonds is 7. The van der Waals surface area contributed by atoms with E-state index in [0.29, 0.717) is 23.9 Å². The molecule has 7 rings (SSSR count). The average Bonchev–Trinajstić information content (AvgIpc) is 3.63. The van der Waals surface area contributed by atoms with E-state index in [2.05, 4.69) is 27.2 Å². The highest BCUT2D eigenvalue weighted by Crippen LogP contribution is 2.50. The summed E-state index contributed by atoms with van der Waals surface area (Å²) in [6.07, 6.45) is 8.59. The number of imidazole rings is 1. The van der Waals surface area contributed by atoms with E-state index in [1.807, 2.05) is 54.1 Å². The molecular formula is C35H35FN4O5S. The molecule has 0 bridgehead atoms. The number of halogens is 1. The molecule has 238 valence electrons. The Morgan fingerprint density at radius 3 is 2.65 bits per heavy atom. The number of oxime groups is 1. The Hall–Kier alpha value is -4.64. The monoisotopic (exact) mass is 642 g/mol. The molecule has 9 nitrogen and oxygen atoms in total. The molecule has 3 aromatic carbocycles. The Labute approximate surface area is 267 Å². The molecule has 3 aliphatic rings. The molecule has 4 aromatic rings. The average molecular weight is 643 g/mol. The van der Waals surface area contributed by atoms with E-state index >= 15 is 0 Å². The third-order valence-electron chi connectivity index (χ3n) is 9.23. The molecule has 1 saturated heterocycles. The number of hydrogen-bond acceptors (Lipinski definition) is 8. The van der Waals surface area contributed by atoms with Crippen molar-refractivity contribution < 1.29 is 27.1 Å². The van der Waals surface area contributed by atoms with E-state index in [4.69, 9.17) is 14.3 Å². The number of aromatic nitrogens is 2. The first kappa shape index (κ1) is 30.0. The minimum Gasteiger partial charge on any atom is -0.495 e. The zero-order chi connectivity index (χ0) is 32.1. The molecule has 46 heavy (non-hydrogen) atoms. The van der Waals surface area contributed by atoms with Crippen molar-refractivity contribution in [1.29, 1.82) is 0 Å². The first-order chi connectivity index (χ1) is 22.1. The van der Waals surface area contributed by atoms with Crippen molar-refractivity contribution in [3.63, 3.8) is 0 Å². The fourth-order valence-corrected chi connectivity index (χ4v) is 7.61. The maximum Gasteiger partial charge on any atom is 0.211 e. The summed E-state index contributed by atoms with van der Waals surface area (Å²) in [5.41, 5.74) is 3.90. The molecule has 0 amide bonds. The highest BCUT2D eigenvalue weighted by molar-refractivity contribution is 7.90. The smallest absolute Gasteiger partial charge is 0.211 e. The third kappa shape index (κ3) is 5.32. The van der Waals surface area contributed by atoms with Crippen molar-refractivity contribution in [3.8, 4) is 11.4 Å². The van der Waals surface area contributed by atoms with Crippen molar-refractivity contribution in [2.45, 2.75) is 37.3 Å². The largest absolute Gasteiger partial charge is 0.495 e. The molecule has 2 atom stereocenters. The zero-order valence-corrected chi connectivity index (χ0v) is 26.8. The number of sulfone groups is 1. The zero-order valence-electron chi connectivity index (χ0n) is 25.9. The molecule has 11 heteroatoms. The number of aryl methyl sites for hydroxylation is 2. The van der Waals surface area contributed by atoms with E-state index in [-0.39, 0.29) is 24.6 Å². The molecular weight excluding hydrogens is 607 g/mol. The Bertz CT molecular complexity index is 1970. The van der Waals surface area contributed by atoms with Gasteiger partial charge in [-0.25, -0.2) is 17.8 Å². The lowest BCUT2D eigenvalue weighted by atomic mass is 9.82. The van der Waals surface area contributed by atoms with E-state index in [1.54, 1.807) is 25.6 Å². The molecule has 1 aliphatic carbocycles. The Morgan fingerprint density at radius 1 is 1.11 bits per heavy atom. The quantitative estimate of drug-likeness (QED) is 0.262. The van der Waals surface area contributed by atoms with E-state index in [1.165, 1.54) is 24.0 Å². The summed E-state index contributed by atoms with van der Waals surface area (Å²) in [7, 11) is -1.72. The molecule has 0 saturated carbocycles. The SMILES string of the molecule is COc1cc(C=C2OC3(CCc4ccccc43)CN3C2=NOCC3(CCS(C)(=O)=O)c2ccc(F)cc2)ccc1-n1cnc(C)c1. The van der Waals surface area contributed by atoms with E-state index in [0.717, 1.165) is 40.9 Å². The third-order valence-corrected chi connectivity index (χ3v) is 10.2. The second kappa shape index (κ2) is 11.3. The predicted octanol–water partition coefficient (Wildman–Crippen LogP) is 5.52. The second-order valence-electron chi connectivity index (χ2n) is 12.3. The summed E-state index contributed by atoms with van der Waals surface area (Å²) in [5.74, 6) is 1.12. The van der Waals surface area contributed by atoms with Gasteiger partial charge < -0.3 is 23.8 Å². The fraction of sp³-hybridized carbons (Fsp3) is 0.314. The summed E-state index contributed by atoms with van der Waals surface area (Å²) >= 11 is 0. The van der Waals surface area contributed by atoms with Gasteiger partial charge in [0, 0.05) is 18.0 Å². The summed E-state index contributed by atoms with van der Waals surface area (Å²) in [6, 6.07) is 20.3. The Morgan fingerprint density at radius 2 is 1.91 bits per heavy atom. The number of amidine groups is 1. The van der Waals surface area contributed by atoms with Crippen molar-refractivity contribution in [2.24, 2.45) is 5.16 Å². The van der Waals surface area contributed by atoms with Gasteiger partial charge in [-0.2, -0.15) is 0 Å². The first-order valence-corrected chi connectivity index (χ1v) is 17.3. The summed E-state index contributed by atoms with van der Waals surface area (Å²) in [5, 5.41) is 4.51. The van der Waals surface area contributed by atoms with Crippen LogP contribution < -0.4 is 4.74 Å². The molecule has 0 N–H and O–H groups in total. The summed E-state index contributed by atoms with van der Waals surface area (Å²) in [6.45, 7) is 2.43. The van der Waals surface area contributed by atoms with Crippen LogP contribution >= 0.6 is 0 Å². The van der Waals surface area contributed by atoms with Gasteiger partial charge in [-0.1, -0.05) is 47.6 Å². The van der Waals surface area contributed by atoms with Crippen LogP contribution in [0.25, 0.3) is 11.8 Å². The van der Waals surface area contributed by atoms with Crippen molar-refractivity contribution in [1.82, 2.24) is 14.5 Å². The van der Waals surface area contributed by atoms with Crippen LogP contribution in [-0.2, 0) is 37.0 Å². The van der Waals surface area contributed by atoms with Gasteiger partial charge in [-0.3, -0.25) is 0 Å². The maximum absolute atomic E-state index is 14.2. The van der Waals surface area contributed by atoms with Crippen molar-refractivity contribution in [3.05, 3.63) is 119 Å². The van der Waals surface area contributed by atoms with Gasteiger partial charge in [0.15, 0.2) is 11.4 Å². The van der Waals surface area contributed by atoms with Crippen LogP contribution in [0, 0.1) is 12.7 Å². The van der Waals surface area contributed by atoms with E-state index in [9.17, 15) is 12.8 Å². The molecule has 1 fully saturated rings. The Kier molecular flexibility index (Phi) is 7.38. The van der Waals surface area contributed by atoms with Gasteiger partial charge in [0.25, 0.3) is 0 Å². The topological polar surface area (TPSA) is 95.3 Å². The van der Waals surface area contributed by atoms with Crippen LogP contribution in [0.3, 0.4) is 0 Å². The van der Waals surface area contributed by atoms with Crippen LogP contribution in [0.15, 0.2) is 90.2 Å². The van der Waals surface area contributed by atoms with Crippen molar-refractivity contribution in [2.75, 3.05) is 32.3 Å². The highest BCUT2D eigenvalue weighted by atomic mass is 32.2. The van der Waals surface area contributed by atoms with Gasteiger partial charge >= 0.3 is 0 Å². The first-order valence-electron chi connectivity index (χ1n) is 15.2. The number of ether oxygens (including phenoxy) is 2. The molecule has 2 unspecified atom stereocenters. The molecule has 0 radical (unpaired) electrons. The maximum atomic E-state index is 14.2. The standard InChI is InChI=1S/C35H35FN4O5S/c1-24-20-39(23-37-24)30-13-8-25(18-31(30)43-2)19-32-33-38-44-22-34(16-17-46(3,41)42,27-9-11-28(36)12-10-27)40(33)21-35(45-32)15-14-26-6-4-5-7-29(26)35/h4-13,18-20,23H,14-17,21-22H2,1-3H3. The minimum absolute atomic E-state index is 0.0899.